The quantitative estimate of drug-likeness (QED) is 0.549. The molecule has 0 spiro atoms. The van der Waals surface area contributed by atoms with Crippen molar-refractivity contribution in [2.75, 3.05) is 24.3 Å². The molecular formula is C22H24N4O3S. The summed E-state index contributed by atoms with van der Waals surface area (Å²) in [4.78, 5) is 31.0. The van der Waals surface area contributed by atoms with Crippen LogP contribution in [0, 0.1) is 5.41 Å². The number of carbonyl (C=O) groups excluding carboxylic acids is 2. The van der Waals surface area contributed by atoms with Crippen LogP contribution in [-0.2, 0) is 10.2 Å². The summed E-state index contributed by atoms with van der Waals surface area (Å²) >= 11 is 1.31. The van der Waals surface area contributed by atoms with Crippen LogP contribution in [0.5, 0.6) is 5.75 Å². The van der Waals surface area contributed by atoms with Crippen LogP contribution in [-0.4, -0.2) is 46.3 Å². The van der Waals surface area contributed by atoms with Gasteiger partial charge < -0.3 is 9.64 Å². The summed E-state index contributed by atoms with van der Waals surface area (Å²) in [7, 11) is 1.69. The van der Waals surface area contributed by atoms with Gasteiger partial charge in [-0.3, -0.25) is 9.59 Å². The van der Waals surface area contributed by atoms with Crippen molar-refractivity contribution in [3.63, 3.8) is 0 Å². The summed E-state index contributed by atoms with van der Waals surface area (Å²) in [5, 5.41) is 9.35. The molecule has 0 saturated heterocycles. The van der Waals surface area contributed by atoms with Crippen molar-refractivity contribution in [1.82, 2.24) is 15.2 Å². The first-order valence-corrected chi connectivity index (χ1v) is 11.2. The third-order valence-corrected chi connectivity index (χ3v) is 8.31. The lowest BCUT2D eigenvalue weighted by molar-refractivity contribution is -0.120. The second-order valence-electron chi connectivity index (χ2n) is 9.11. The fourth-order valence-corrected chi connectivity index (χ4v) is 5.76. The number of likely N-dealkylation sites (N-methyl/N-ethyl adjacent to an activating group) is 1. The molecule has 2 heterocycles. The van der Waals surface area contributed by atoms with E-state index in [0.717, 1.165) is 24.2 Å². The van der Waals surface area contributed by atoms with Gasteiger partial charge in [0.1, 0.15) is 5.75 Å². The normalized spacial score (nSPS) is 25.7. The molecule has 1 amide bonds. The number of amides is 1. The average molecular weight is 425 g/mol. The van der Waals surface area contributed by atoms with Crippen LogP contribution in [0.4, 0.5) is 5.69 Å². The van der Waals surface area contributed by atoms with Gasteiger partial charge in [0.25, 0.3) is 5.91 Å². The number of aromatic nitrogens is 3. The van der Waals surface area contributed by atoms with E-state index >= 15 is 0 Å². The number of fused-ring (bicyclic) bond motifs is 6. The zero-order chi connectivity index (χ0) is 21.3. The van der Waals surface area contributed by atoms with E-state index in [9.17, 15) is 9.59 Å². The maximum Gasteiger partial charge on any atom is 0.264 e. The van der Waals surface area contributed by atoms with Crippen LogP contribution < -0.4 is 9.64 Å². The molecule has 1 aromatic heterocycles. The number of Topliss-reactive ketones (excluding diaryl/α,β-unsaturated/α-hetero) is 1. The van der Waals surface area contributed by atoms with Gasteiger partial charge in [0.05, 0.1) is 22.8 Å². The Labute approximate surface area is 179 Å². The van der Waals surface area contributed by atoms with Crippen LogP contribution in [0.1, 0.15) is 61.3 Å². The number of rotatable bonds is 4. The Hall–Kier alpha value is -2.48. The van der Waals surface area contributed by atoms with Crippen LogP contribution >= 0.6 is 11.8 Å². The van der Waals surface area contributed by atoms with Crippen LogP contribution in [0.15, 0.2) is 23.4 Å². The summed E-state index contributed by atoms with van der Waals surface area (Å²) in [6.07, 6.45) is 2.25. The molecule has 1 aromatic carbocycles. The first-order valence-electron chi connectivity index (χ1n) is 10.2. The first kappa shape index (κ1) is 19.5. The van der Waals surface area contributed by atoms with Crippen molar-refractivity contribution in [2.24, 2.45) is 5.41 Å². The number of nitrogens with zero attached hydrogens (tertiary/aromatic N) is 4. The van der Waals surface area contributed by atoms with Gasteiger partial charge in [-0.2, -0.15) is 5.10 Å². The number of hydrogen-bond acceptors (Lipinski definition) is 7. The highest BCUT2D eigenvalue weighted by Gasteiger charge is 2.61. The Bertz CT molecular complexity index is 1090. The van der Waals surface area contributed by atoms with Crippen molar-refractivity contribution >= 4 is 29.1 Å². The van der Waals surface area contributed by atoms with E-state index < -0.39 is 0 Å². The maximum absolute atomic E-state index is 12.8. The molecule has 2 aromatic rings. The molecule has 3 aliphatic rings. The lowest BCUT2D eigenvalue weighted by Crippen LogP contribution is -2.35. The summed E-state index contributed by atoms with van der Waals surface area (Å²) in [6, 6.07) is 5.18. The van der Waals surface area contributed by atoms with E-state index in [0.29, 0.717) is 28.1 Å². The molecule has 156 valence electrons. The number of carbonyl (C=O) groups is 2. The van der Waals surface area contributed by atoms with Gasteiger partial charge >= 0.3 is 0 Å². The van der Waals surface area contributed by atoms with Gasteiger partial charge in [0.15, 0.2) is 12.4 Å². The summed E-state index contributed by atoms with van der Waals surface area (Å²) < 4.78 is 5.43. The first-order chi connectivity index (χ1) is 14.2. The number of ether oxygens (including phenoxy) is 1. The third kappa shape index (κ3) is 2.62. The molecule has 2 aliphatic carbocycles. The number of benzene rings is 1. The minimum atomic E-state index is -0.134. The van der Waals surface area contributed by atoms with E-state index in [1.165, 1.54) is 16.7 Å². The monoisotopic (exact) mass is 424 g/mol. The topological polar surface area (TPSA) is 85.3 Å². The zero-order valence-electron chi connectivity index (χ0n) is 17.6. The van der Waals surface area contributed by atoms with E-state index in [4.69, 9.17) is 9.72 Å². The number of anilines is 1. The number of ketones is 1. The van der Waals surface area contributed by atoms with Gasteiger partial charge in [-0.05, 0) is 36.5 Å². The summed E-state index contributed by atoms with van der Waals surface area (Å²) in [5.74, 6) is 1.05. The second-order valence-corrected chi connectivity index (χ2v) is 10.1. The SMILES string of the molecule is CN1C(=O)COc2ccc(C(=O)CSc3nnc4c(n3)[C@@]3(C)CC[C@@H]4C3(C)C)cc21. The van der Waals surface area contributed by atoms with Gasteiger partial charge in [0.2, 0.25) is 5.16 Å². The van der Waals surface area contributed by atoms with Crippen LogP contribution in [0.2, 0.25) is 0 Å². The van der Waals surface area contributed by atoms with Gasteiger partial charge in [-0.15, -0.1) is 5.10 Å². The molecule has 0 N–H and O–H groups in total. The molecular weight excluding hydrogens is 400 g/mol. The standard InChI is InChI=1S/C22H24N4O3S/c1-21(2)13-7-8-22(21,3)19-18(13)24-25-20(23-19)30-11-15(27)12-5-6-16-14(9-12)26(4)17(28)10-29-16/h5-6,9,13H,7-8,10-11H2,1-4H3/t13-,22+/m0/s1. The Kier molecular flexibility index (Phi) is 4.23. The van der Waals surface area contributed by atoms with E-state index in [1.807, 2.05) is 0 Å². The van der Waals surface area contributed by atoms with Crippen LogP contribution in [0.3, 0.4) is 0 Å². The summed E-state index contributed by atoms with van der Waals surface area (Å²) in [6.45, 7) is 6.89. The highest BCUT2D eigenvalue weighted by Crippen LogP contribution is 2.66. The highest BCUT2D eigenvalue weighted by molar-refractivity contribution is 7.99. The average Bonchev–Trinajstić information content (AvgIpc) is 3.07. The third-order valence-electron chi connectivity index (χ3n) is 7.47. The Morgan fingerprint density at radius 2 is 2.10 bits per heavy atom. The van der Waals surface area contributed by atoms with Gasteiger partial charge in [-0.25, -0.2) is 4.98 Å². The molecule has 2 atom stereocenters. The van der Waals surface area contributed by atoms with Crippen molar-refractivity contribution < 1.29 is 14.3 Å². The molecule has 1 fully saturated rings. The molecule has 2 bridgehead atoms. The Morgan fingerprint density at radius 3 is 2.90 bits per heavy atom. The van der Waals surface area contributed by atoms with Crippen molar-refractivity contribution in [2.45, 2.75) is 50.1 Å². The number of thioether (sulfide) groups is 1. The maximum atomic E-state index is 12.8. The molecule has 7 nitrogen and oxygen atoms in total. The molecule has 1 saturated carbocycles. The largest absolute Gasteiger partial charge is 0.482 e. The Morgan fingerprint density at radius 1 is 1.30 bits per heavy atom. The predicted molar refractivity (Wildman–Crippen MR) is 113 cm³/mol. The molecule has 0 unspecified atom stereocenters. The molecule has 5 rings (SSSR count). The molecule has 0 radical (unpaired) electrons. The highest BCUT2D eigenvalue weighted by atomic mass is 32.2. The minimum absolute atomic E-state index is 0.0118. The fraction of sp³-hybridized carbons (Fsp3) is 0.500. The lowest BCUT2D eigenvalue weighted by Gasteiger charge is -2.33. The predicted octanol–water partition coefficient (Wildman–Crippen LogP) is 3.38. The van der Waals surface area contributed by atoms with E-state index in [-0.39, 0.29) is 34.9 Å². The van der Waals surface area contributed by atoms with Crippen molar-refractivity contribution in [3.05, 3.63) is 35.2 Å². The smallest absolute Gasteiger partial charge is 0.264 e. The van der Waals surface area contributed by atoms with Gasteiger partial charge in [0, 0.05) is 23.9 Å². The zero-order valence-corrected chi connectivity index (χ0v) is 18.4. The van der Waals surface area contributed by atoms with Crippen LogP contribution in [0.25, 0.3) is 0 Å². The second kappa shape index (κ2) is 6.51. The fourth-order valence-electron chi connectivity index (χ4n) is 5.08. The molecule has 8 heteroatoms. The lowest BCUT2D eigenvalue weighted by atomic mass is 9.70. The minimum Gasteiger partial charge on any atom is -0.482 e. The van der Waals surface area contributed by atoms with Crippen molar-refractivity contribution in [3.8, 4) is 5.75 Å². The number of hydrogen-bond donors (Lipinski definition) is 0. The summed E-state index contributed by atoms with van der Waals surface area (Å²) in [5.41, 5.74) is 3.38. The van der Waals surface area contributed by atoms with E-state index in [1.54, 1.807) is 25.2 Å². The van der Waals surface area contributed by atoms with E-state index in [2.05, 4.69) is 31.0 Å². The molecule has 30 heavy (non-hydrogen) atoms. The van der Waals surface area contributed by atoms with Gasteiger partial charge in [-0.1, -0.05) is 32.5 Å². The molecule has 1 aliphatic heterocycles. The Balaban J connectivity index is 1.34. The van der Waals surface area contributed by atoms with Crippen molar-refractivity contribution in [1.29, 1.82) is 0 Å².